The molecule has 0 bridgehead atoms. The highest BCUT2D eigenvalue weighted by molar-refractivity contribution is 8.00. The first-order valence-electron chi connectivity index (χ1n) is 10.1. The second kappa shape index (κ2) is 8.13. The molecule has 1 heterocycles. The topological polar surface area (TPSA) is 40.5 Å². The minimum absolute atomic E-state index is 0.00722. The van der Waals surface area contributed by atoms with Gasteiger partial charge in [0.05, 0.1) is 0 Å². The van der Waals surface area contributed by atoms with Gasteiger partial charge in [-0.05, 0) is 38.0 Å². The summed E-state index contributed by atoms with van der Waals surface area (Å²) < 4.78 is 79.5. The summed E-state index contributed by atoms with van der Waals surface area (Å²) in [5, 5.41) is 9.24. The van der Waals surface area contributed by atoms with E-state index >= 15 is 0 Å². The maximum atomic E-state index is 13.3. The molecule has 10 heteroatoms. The molecule has 168 valence electrons. The highest BCUT2D eigenvalue weighted by Gasteiger charge is 2.74. The molecule has 0 spiro atoms. The third-order valence-corrected chi connectivity index (χ3v) is 8.20. The highest BCUT2D eigenvalue weighted by atomic mass is 32.2. The molecule has 5 unspecified atom stereocenters. The van der Waals surface area contributed by atoms with Gasteiger partial charge >= 0.3 is 12.4 Å². The van der Waals surface area contributed by atoms with E-state index in [2.05, 4.69) is 6.92 Å². The van der Waals surface area contributed by atoms with Gasteiger partial charge in [-0.3, -0.25) is 4.79 Å². The van der Waals surface area contributed by atoms with Crippen LogP contribution < -0.4 is 0 Å². The Morgan fingerprint density at radius 1 is 1.00 bits per heavy atom. The molecule has 0 aromatic heterocycles. The zero-order chi connectivity index (χ0) is 21.6. The van der Waals surface area contributed by atoms with Crippen LogP contribution in [0.25, 0.3) is 0 Å². The summed E-state index contributed by atoms with van der Waals surface area (Å²) in [6.07, 6.45) is -8.77. The van der Waals surface area contributed by atoms with E-state index in [1.807, 2.05) is 0 Å². The molecule has 0 aromatic carbocycles. The number of aliphatic hydroxyl groups is 1. The van der Waals surface area contributed by atoms with Crippen molar-refractivity contribution in [3.8, 4) is 0 Å². The fraction of sp³-hybridized carbons (Fsp3) is 0.947. The second-order valence-corrected chi connectivity index (χ2v) is 10.1. The van der Waals surface area contributed by atoms with Crippen molar-refractivity contribution in [1.29, 1.82) is 0 Å². The Labute approximate surface area is 170 Å². The monoisotopic (exact) mass is 447 g/mol. The summed E-state index contributed by atoms with van der Waals surface area (Å²) in [6.45, 7) is 2.57. The molecule has 3 fully saturated rings. The third-order valence-electron chi connectivity index (χ3n) is 6.85. The zero-order valence-corrected chi connectivity index (χ0v) is 17.0. The van der Waals surface area contributed by atoms with Crippen LogP contribution in [-0.4, -0.2) is 57.5 Å². The van der Waals surface area contributed by atoms with Gasteiger partial charge < -0.3 is 10.0 Å². The lowest BCUT2D eigenvalue weighted by atomic mass is 9.73. The lowest BCUT2D eigenvalue weighted by molar-refractivity contribution is -0.387. The highest BCUT2D eigenvalue weighted by Crippen LogP contribution is 2.53. The Hall–Kier alpha value is -0.640. The number of alkyl halides is 6. The summed E-state index contributed by atoms with van der Waals surface area (Å²) in [4.78, 5) is 14.8. The van der Waals surface area contributed by atoms with E-state index in [9.17, 15) is 36.2 Å². The molecule has 3 aliphatic rings. The first-order chi connectivity index (χ1) is 13.4. The van der Waals surface area contributed by atoms with E-state index in [4.69, 9.17) is 0 Å². The number of thioether (sulfide) groups is 1. The minimum Gasteiger partial charge on any atom is -0.373 e. The summed E-state index contributed by atoms with van der Waals surface area (Å²) in [6, 6.07) is -0.361. The fourth-order valence-corrected chi connectivity index (χ4v) is 6.77. The predicted molar refractivity (Wildman–Crippen MR) is 97.3 cm³/mol. The molecule has 0 radical (unpaired) electrons. The van der Waals surface area contributed by atoms with E-state index in [1.54, 1.807) is 4.90 Å². The molecule has 3 nitrogen and oxygen atoms in total. The number of hydrogen-bond donors (Lipinski definition) is 1. The Balaban J connectivity index is 1.75. The maximum Gasteiger partial charge on any atom is 0.426 e. The lowest BCUT2D eigenvalue weighted by Crippen LogP contribution is -2.64. The Morgan fingerprint density at radius 3 is 2.24 bits per heavy atom. The van der Waals surface area contributed by atoms with Gasteiger partial charge in [0.15, 0.2) is 0 Å². The van der Waals surface area contributed by atoms with Gasteiger partial charge in [0, 0.05) is 35.4 Å². The molecular weight excluding hydrogens is 420 g/mol. The summed E-state index contributed by atoms with van der Waals surface area (Å²) in [5.74, 6) is -1.15. The van der Waals surface area contributed by atoms with Gasteiger partial charge in [-0.1, -0.05) is 19.8 Å². The average molecular weight is 447 g/mol. The quantitative estimate of drug-likeness (QED) is 0.620. The van der Waals surface area contributed by atoms with Crippen LogP contribution in [0.4, 0.5) is 26.3 Å². The largest absolute Gasteiger partial charge is 0.426 e. The molecule has 1 aliphatic heterocycles. The van der Waals surface area contributed by atoms with Crippen molar-refractivity contribution in [2.45, 2.75) is 81.1 Å². The van der Waals surface area contributed by atoms with E-state index < -0.39 is 42.0 Å². The van der Waals surface area contributed by atoms with Gasteiger partial charge in [-0.25, -0.2) is 0 Å². The number of carbonyl (C=O) groups excluding carboxylic acids is 1. The molecule has 29 heavy (non-hydrogen) atoms. The average Bonchev–Trinajstić information content (AvgIpc) is 2.64. The Morgan fingerprint density at radius 2 is 1.66 bits per heavy atom. The van der Waals surface area contributed by atoms with Gasteiger partial charge in [-0.2, -0.15) is 38.1 Å². The summed E-state index contributed by atoms with van der Waals surface area (Å²) in [5.41, 5.74) is -4.71. The van der Waals surface area contributed by atoms with Crippen LogP contribution in [0.15, 0.2) is 0 Å². The van der Waals surface area contributed by atoms with Crippen LogP contribution in [0.5, 0.6) is 0 Å². The van der Waals surface area contributed by atoms with E-state index in [1.165, 1.54) is 11.8 Å². The Kier molecular flexibility index (Phi) is 6.46. The second-order valence-electron chi connectivity index (χ2n) is 8.75. The van der Waals surface area contributed by atoms with Gasteiger partial charge in [-0.15, -0.1) is 0 Å². The van der Waals surface area contributed by atoms with Crippen LogP contribution in [-0.2, 0) is 4.79 Å². The van der Waals surface area contributed by atoms with Gasteiger partial charge in [0.25, 0.3) is 5.60 Å². The molecule has 0 aromatic rings. The van der Waals surface area contributed by atoms with Gasteiger partial charge in [0.2, 0.25) is 5.91 Å². The first-order valence-corrected chi connectivity index (χ1v) is 11.2. The predicted octanol–water partition coefficient (Wildman–Crippen LogP) is 4.78. The van der Waals surface area contributed by atoms with Crippen molar-refractivity contribution in [2.75, 3.05) is 12.3 Å². The van der Waals surface area contributed by atoms with Crippen LogP contribution in [0, 0.1) is 17.8 Å². The van der Waals surface area contributed by atoms with Gasteiger partial charge in [0.1, 0.15) is 0 Å². The Bertz CT molecular complexity index is 596. The number of nitrogens with zero attached hydrogens (tertiary/aromatic N) is 1. The van der Waals surface area contributed by atoms with E-state index in [0.29, 0.717) is 18.2 Å². The van der Waals surface area contributed by atoms with Crippen molar-refractivity contribution in [2.24, 2.45) is 17.8 Å². The maximum absolute atomic E-state index is 13.3. The smallest absolute Gasteiger partial charge is 0.373 e. The number of halogens is 6. The van der Waals surface area contributed by atoms with E-state index in [0.717, 1.165) is 25.7 Å². The van der Waals surface area contributed by atoms with Crippen LogP contribution in [0.1, 0.15) is 51.9 Å². The van der Waals surface area contributed by atoms with Crippen molar-refractivity contribution in [1.82, 2.24) is 4.90 Å². The molecule has 1 N–H and O–H groups in total. The normalized spacial score (nSPS) is 34.6. The molecule has 2 saturated carbocycles. The molecule has 1 saturated heterocycles. The molecular formula is C19H27F6NO2S. The van der Waals surface area contributed by atoms with Crippen LogP contribution >= 0.6 is 11.8 Å². The molecule has 5 atom stereocenters. The lowest BCUT2D eigenvalue weighted by Gasteiger charge is -2.50. The number of amides is 1. The molecule has 2 aliphatic carbocycles. The molecule has 3 rings (SSSR count). The number of carbonyl (C=O) groups is 1. The summed E-state index contributed by atoms with van der Waals surface area (Å²) >= 11 is 1.32. The zero-order valence-electron chi connectivity index (χ0n) is 16.2. The van der Waals surface area contributed by atoms with Crippen LogP contribution in [0.3, 0.4) is 0 Å². The fourth-order valence-electron chi connectivity index (χ4n) is 5.29. The minimum atomic E-state index is -5.80. The van der Waals surface area contributed by atoms with Crippen molar-refractivity contribution in [3.63, 3.8) is 0 Å². The van der Waals surface area contributed by atoms with Crippen LogP contribution in [0.2, 0.25) is 0 Å². The third kappa shape index (κ3) is 4.25. The van der Waals surface area contributed by atoms with Crippen molar-refractivity contribution >= 4 is 17.7 Å². The summed E-state index contributed by atoms with van der Waals surface area (Å²) in [7, 11) is 0. The van der Waals surface area contributed by atoms with E-state index in [-0.39, 0.29) is 24.3 Å². The van der Waals surface area contributed by atoms with Crippen molar-refractivity contribution < 1.29 is 36.2 Å². The number of fused-ring (bicyclic) bond motifs is 1. The number of rotatable bonds is 2. The SMILES string of the molecule is CC1CCCC(C(=O)N2CCSC3CC(C(O)(C(F)(F)F)C(F)(F)F)CCC32)C1. The molecule has 1 amide bonds. The number of hydrogen-bond acceptors (Lipinski definition) is 3. The standard InChI is InChI=1S/C19H27F6NO2S/c1-11-3-2-4-12(9-11)16(27)26-7-8-29-15-10-13(5-6-14(15)26)17(28,18(20,21)22)19(23,24)25/h11-15,28H,2-10H2,1H3. The first kappa shape index (κ1) is 23.0. The van der Waals surface area contributed by atoms with Crippen molar-refractivity contribution in [3.05, 3.63) is 0 Å².